The van der Waals surface area contributed by atoms with Crippen LogP contribution in [0.5, 0.6) is 11.5 Å². The maximum absolute atomic E-state index is 12.5. The summed E-state index contributed by atoms with van der Waals surface area (Å²) in [6.45, 7) is 9.26. The summed E-state index contributed by atoms with van der Waals surface area (Å²) in [7, 11) is 1.52. The second kappa shape index (κ2) is 6.63. The zero-order valence-corrected chi connectivity index (χ0v) is 20.0. The Morgan fingerprint density at radius 3 is 2.45 bits per heavy atom. The van der Waals surface area contributed by atoms with Crippen LogP contribution in [0.3, 0.4) is 0 Å². The molecule has 8 heteroatoms. The smallest absolute Gasteiger partial charge is 0.342 e. The number of hydrogen-bond donors (Lipinski definition) is 2. The van der Waals surface area contributed by atoms with E-state index < -0.39 is 40.3 Å². The summed E-state index contributed by atoms with van der Waals surface area (Å²) in [5.74, 6) is -0.0253. The van der Waals surface area contributed by atoms with E-state index in [1.165, 1.54) is 7.11 Å². The Labute approximate surface area is 193 Å². The van der Waals surface area contributed by atoms with Crippen molar-refractivity contribution in [1.82, 2.24) is 0 Å². The molecule has 1 aromatic rings. The van der Waals surface area contributed by atoms with E-state index >= 15 is 0 Å². The third-order valence-corrected chi connectivity index (χ3v) is 8.96. The summed E-state index contributed by atoms with van der Waals surface area (Å²) in [5, 5.41) is 23.5. The Bertz CT molecular complexity index is 1080. The van der Waals surface area contributed by atoms with Gasteiger partial charge in [-0.15, -0.1) is 0 Å². The Morgan fingerprint density at radius 2 is 1.79 bits per heavy atom. The van der Waals surface area contributed by atoms with Crippen LogP contribution in [0.15, 0.2) is 0 Å². The van der Waals surface area contributed by atoms with E-state index in [2.05, 4.69) is 0 Å². The Balaban J connectivity index is 1.73. The number of carbonyl (C=O) groups is 2. The molecule has 4 aliphatic rings. The normalized spacial score (nSPS) is 38.5. The first-order valence-electron chi connectivity index (χ1n) is 11.5. The molecule has 1 saturated heterocycles. The highest BCUT2D eigenvalue weighted by Crippen LogP contribution is 2.64. The van der Waals surface area contributed by atoms with E-state index in [-0.39, 0.29) is 25.4 Å². The Hall–Kier alpha value is -2.32. The molecule has 33 heavy (non-hydrogen) atoms. The number of rotatable bonds is 1. The summed E-state index contributed by atoms with van der Waals surface area (Å²) in [5.41, 5.74) is -1.98. The first-order valence-corrected chi connectivity index (χ1v) is 11.5. The van der Waals surface area contributed by atoms with Crippen molar-refractivity contribution in [3.63, 3.8) is 0 Å². The van der Waals surface area contributed by atoms with Gasteiger partial charge in [0.05, 0.1) is 13.2 Å². The van der Waals surface area contributed by atoms with Crippen molar-refractivity contribution in [2.24, 2.45) is 11.3 Å². The van der Waals surface area contributed by atoms with Gasteiger partial charge in [-0.05, 0) is 46.1 Å². The molecule has 0 spiro atoms. The molecular weight excluding hydrogens is 428 g/mol. The maximum atomic E-state index is 12.5. The fourth-order valence-corrected chi connectivity index (χ4v) is 7.31. The number of cyclic esters (lactones) is 2. The van der Waals surface area contributed by atoms with Crippen LogP contribution in [0.2, 0.25) is 0 Å². The molecule has 3 heterocycles. The van der Waals surface area contributed by atoms with Crippen LogP contribution in [-0.4, -0.2) is 52.2 Å². The SMILES string of the molecule is COc1c2c(c(C)c3c1C(=O)OC3)O[C@]1(C)C[C@H](O)[C@]3(O)C(C)(C)OC(=O)CC[C@]3(C)[C@H]1C2. The molecule has 1 saturated carbocycles. The standard InChI is InChI=1S/C25H32O8/c1-12-14-11-31-21(28)18(14)20(30-6)13-9-15-23(4)8-7-17(27)32-22(2,3)25(23,29)16(26)10-24(15,5)33-19(12)13/h15-16,26,29H,7-11H2,1-6H3/t15-,16+,23-,24-,25+/m1/s1. The van der Waals surface area contributed by atoms with Crippen molar-refractivity contribution in [2.75, 3.05) is 7.11 Å². The number of ether oxygens (including phenoxy) is 4. The molecule has 8 nitrogen and oxygen atoms in total. The van der Waals surface area contributed by atoms with Crippen LogP contribution in [0.1, 0.15) is 74.0 Å². The van der Waals surface area contributed by atoms with Gasteiger partial charge in [0.25, 0.3) is 0 Å². The maximum Gasteiger partial charge on any atom is 0.342 e. The molecule has 180 valence electrons. The molecule has 2 N–H and O–H groups in total. The Kier molecular flexibility index (Phi) is 4.51. The van der Waals surface area contributed by atoms with Gasteiger partial charge in [0, 0.05) is 35.3 Å². The summed E-state index contributed by atoms with van der Waals surface area (Å²) in [4.78, 5) is 25.0. The van der Waals surface area contributed by atoms with E-state index in [0.29, 0.717) is 29.9 Å². The molecular formula is C25H32O8. The van der Waals surface area contributed by atoms with Gasteiger partial charge in [0.1, 0.15) is 40.5 Å². The van der Waals surface area contributed by atoms with E-state index in [0.717, 1.165) is 16.7 Å². The minimum Gasteiger partial charge on any atom is -0.495 e. The lowest BCUT2D eigenvalue weighted by Gasteiger charge is -2.65. The third-order valence-electron chi connectivity index (χ3n) is 8.96. The van der Waals surface area contributed by atoms with Gasteiger partial charge in [-0.25, -0.2) is 4.79 Å². The molecule has 3 aliphatic heterocycles. The van der Waals surface area contributed by atoms with E-state index in [4.69, 9.17) is 18.9 Å². The number of esters is 2. The number of methoxy groups -OCH3 is 1. The van der Waals surface area contributed by atoms with Crippen molar-refractivity contribution >= 4 is 11.9 Å². The molecule has 0 bridgehead atoms. The van der Waals surface area contributed by atoms with Crippen LogP contribution in [0.4, 0.5) is 0 Å². The molecule has 5 atom stereocenters. The molecule has 0 amide bonds. The highest BCUT2D eigenvalue weighted by molar-refractivity contribution is 5.98. The fourth-order valence-electron chi connectivity index (χ4n) is 7.31. The lowest BCUT2D eigenvalue weighted by atomic mass is 9.46. The second-order valence-corrected chi connectivity index (χ2v) is 11.0. The topological polar surface area (TPSA) is 112 Å². The third kappa shape index (κ3) is 2.59. The molecule has 1 aromatic carbocycles. The minimum absolute atomic E-state index is 0.126. The number of aliphatic hydroxyl groups excluding tert-OH is 1. The zero-order valence-electron chi connectivity index (χ0n) is 20.0. The van der Waals surface area contributed by atoms with Crippen LogP contribution < -0.4 is 9.47 Å². The van der Waals surface area contributed by atoms with Crippen LogP contribution >= 0.6 is 0 Å². The summed E-state index contributed by atoms with van der Waals surface area (Å²) in [6, 6.07) is 0. The van der Waals surface area contributed by atoms with Gasteiger partial charge in [-0.2, -0.15) is 0 Å². The predicted molar refractivity (Wildman–Crippen MR) is 116 cm³/mol. The highest BCUT2D eigenvalue weighted by atomic mass is 16.6. The molecule has 1 aliphatic carbocycles. The lowest BCUT2D eigenvalue weighted by molar-refractivity contribution is -0.302. The zero-order chi connectivity index (χ0) is 24.1. The van der Waals surface area contributed by atoms with Gasteiger partial charge in [0.2, 0.25) is 0 Å². The van der Waals surface area contributed by atoms with Crippen molar-refractivity contribution < 1.29 is 38.7 Å². The van der Waals surface area contributed by atoms with Crippen LogP contribution in [-0.2, 0) is 27.3 Å². The van der Waals surface area contributed by atoms with Gasteiger partial charge in [-0.3, -0.25) is 4.79 Å². The quantitative estimate of drug-likeness (QED) is 0.615. The van der Waals surface area contributed by atoms with Crippen molar-refractivity contribution in [3.8, 4) is 11.5 Å². The monoisotopic (exact) mass is 460 g/mol. The molecule has 0 unspecified atom stereocenters. The number of fused-ring (bicyclic) bond motifs is 5. The molecule has 0 aromatic heterocycles. The number of hydrogen-bond acceptors (Lipinski definition) is 8. The Morgan fingerprint density at radius 1 is 1.09 bits per heavy atom. The number of carbonyl (C=O) groups excluding carboxylic acids is 2. The minimum atomic E-state index is -1.70. The van der Waals surface area contributed by atoms with E-state index in [1.807, 2.05) is 20.8 Å². The first kappa shape index (κ1) is 22.5. The molecule has 2 fully saturated rings. The van der Waals surface area contributed by atoms with E-state index in [1.54, 1.807) is 13.8 Å². The summed E-state index contributed by atoms with van der Waals surface area (Å²) < 4.78 is 23.3. The van der Waals surface area contributed by atoms with Gasteiger partial charge >= 0.3 is 11.9 Å². The number of aliphatic hydroxyl groups is 2. The fraction of sp³-hybridized carbons (Fsp3) is 0.680. The van der Waals surface area contributed by atoms with Crippen molar-refractivity contribution in [2.45, 2.75) is 89.8 Å². The van der Waals surface area contributed by atoms with Crippen molar-refractivity contribution in [1.29, 1.82) is 0 Å². The molecule has 5 rings (SSSR count). The van der Waals surface area contributed by atoms with Gasteiger partial charge in [-0.1, -0.05) is 6.92 Å². The van der Waals surface area contributed by atoms with Crippen LogP contribution in [0.25, 0.3) is 0 Å². The average Bonchev–Trinajstić information content (AvgIpc) is 3.09. The molecule has 0 radical (unpaired) electrons. The largest absolute Gasteiger partial charge is 0.495 e. The number of benzene rings is 1. The van der Waals surface area contributed by atoms with E-state index in [9.17, 15) is 19.8 Å². The first-order chi connectivity index (χ1) is 15.3. The highest BCUT2D eigenvalue weighted by Gasteiger charge is 2.73. The van der Waals surface area contributed by atoms with Gasteiger partial charge in [0.15, 0.2) is 0 Å². The predicted octanol–water partition coefficient (Wildman–Crippen LogP) is 2.60. The average molecular weight is 461 g/mol. The summed E-state index contributed by atoms with van der Waals surface area (Å²) >= 11 is 0. The summed E-state index contributed by atoms with van der Waals surface area (Å²) in [6.07, 6.45) is -0.102. The lowest BCUT2D eigenvalue weighted by Crippen LogP contribution is -2.76. The van der Waals surface area contributed by atoms with Crippen molar-refractivity contribution in [3.05, 3.63) is 22.3 Å². The van der Waals surface area contributed by atoms with Gasteiger partial charge < -0.3 is 29.2 Å². The van der Waals surface area contributed by atoms with Crippen LogP contribution in [0, 0.1) is 18.3 Å². The second-order valence-electron chi connectivity index (χ2n) is 11.0.